The zero-order valence-electron chi connectivity index (χ0n) is 11.6. The minimum Gasteiger partial charge on any atom is -0.478 e. The number of hydrogen-bond donors (Lipinski definition) is 2. The molecular formula is C16H18ClNO3. The van der Waals surface area contributed by atoms with Gasteiger partial charge in [0.25, 0.3) is 0 Å². The molecule has 1 aromatic carbocycles. The predicted octanol–water partition coefficient (Wildman–Crippen LogP) is 3.80. The number of hydrogen-bond acceptors (Lipinski definition) is 2. The van der Waals surface area contributed by atoms with E-state index < -0.39 is 5.97 Å². The highest BCUT2D eigenvalue weighted by atomic mass is 35.5. The molecule has 0 radical (unpaired) electrons. The lowest BCUT2D eigenvalue weighted by molar-refractivity contribution is -0.117. The van der Waals surface area contributed by atoms with Crippen LogP contribution in [-0.2, 0) is 4.79 Å². The van der Waals surface area contributed by atoms with Crippen molar-refractivity contribution >= 4 is 29.2 Å². The first-order valence-electron chi connectivity index (χ1n) is 7.35. The Morgan fingerprint density at radius 3 is 2.71 bits per heavy atom. The van der Waals surface area contributed by atoms with Crippen LogP contribution in [0.4, 0.5) is 5.69 Å². The molecule has 5 heteroatoms. The second-order valence-electron chi connectivity index (χ2n) is 6.18. The molecule has 2 bridgehead atoms. The number of halogens is 1. The summed E-state index contributed by atoms with van der Waals surface area (Å²) in [6.45, 7) is 0. The minimum absolute atomic E-state index is 0.0313. The quantitative estimate of drug-likeness (QED) is 0.889. The summed E-state index contributed by atoms with van der Waals surface area (Å²) in [5.41, 5.74) is 0.351. The number of carboxylic acids is 1. The molecule has 3 unspecified atom stereocenters. The van der Waals surface area contributed by atoms with E-state index in [1.165, 1.54) is 25.3 Å². The number of anilines is 1. The van der Waals surface area contributed by atoms with Crippen LogP contribution in [0.2, 0.25) is 5.02 Å². The van der Waals surface area contributed by atoms with E-state index in [0.717, 1.165) is 12.3 Å². The molecule has 2 saturated carbocycles. The topological polar surface area (TPSA) is 66.4 Å². The van der Waals surface area contributed by atoms with Crippen molar-refractivity contribution in [3.05, 3.63) is 28.8 Å². The molecule has 1 amide bonds. The molecule has 112 valence electrons. The fourth-order valence-electron chi connectivity index (χ4n) is 3.87. The van der Waals surface area contributed by atoms with Crippen molar-refractivity contribution in [3.63, 3.8) is 0 Å². The van der Waals surface area contributed by atoms with Gasteiger partial charge >= 0.3 is 5.97 Å². The largest absolute Gasteiger partial charge is 0.478 e. The standard InChI is InChI=1S/C16H18ClNO3/c17-12-3-4-14(13(8-12)16(20)21)18-15(19)7-11-6-9-1-2-10(11)5-9/h3-4,8-11H,1-2,5-7H2,(H,18,19)(H,20,21). The number of aromatic carboxylic acids is 1. The lowest BCUT2D eigenvalue weighted by atomic mass is 9.86. The minimum atomic E-state index is -1.09. The smallest absolute Gasteiger partial charge is 0.337 e. The van der Waals surface area contributed by atoms with Crippen molar-refractivity contribution in [2.45, 2.75) is 32.1 Å². The van der Waals surface area contributed by atoms with Gasteiger partial charge < -0.3 is 10.4 Å². The maximum Gasteiger partial charge on any atom is 0.337 e. The zero-order chi connectivity index (χ0) is 15.0. The number of fused-ring (bicyclic) bond motifs is 2. The second-order valence-corrected chi connectivity index (χ2v) is 6.62. The molecule has 21 heavy (non-hydrogen) atoms. The summed E-state index contributed by atoms with van der Waals surface area (Å²) >= 11 is 5.80. The van der Waals surface area contributed by atoms with E-state index in [0.29, 0.717) is 29.0 Å². The number of carbonyl (C=O) groups excluding carboxylic acids is 1. The summed E-state index contributed by atoms with van der Waals surface area (Å²) < 4.78 is 0. The van der Waals surface area contributed by atoms with Gasteiger partial charge in [-0.05, 0) is 55.2 Å². The van der Waals surface area contributed by atoms with Crippen molar-refractivity contribution in [2.24, 2.45) is 17.8 Å². The van der Waals surface area contributed by atoms with Crippen molar-refractivity contribution in [3.8, 4) is 0 Å². The molecule has 2 aliphatic carbocycles. The van der Waals surface area contributed by atoms with Crippen molar-refractivity contribution < 1.29 is 14.7 Å². The van der Waals surface area contributed by atoms with Gasteiger partial charge in [-0.25, -0.2) is 4.79 Å². The number of amides is 1. The molecule has 3 rings (SSSR count). The highest BCUT2D eigenvalue weighted by Crippen LogP contribution is 2.49. The van der Waals surface area contributed by atoms with E-state index in [-0.39, 0.29) is 11.5 Å². The van der Waals surface area contributed by atoms with Crippen LogP contribution in [0.15, 0.2) is 18.2 Å². The summed E-state index contributed by atoms with van der Waals surface area (Å²) in [5, 5.41) is 12.2. The van der Waals surface area contributed by atoms with Crippen molar-refractivity contribution in [1.29, 1.82) is 0 Å². The Morgan fingerprint density at radius 2 is 2.10 bits per heavy atom. The van der Waals surface area contributed by atoms with E-state index in [1.807, 2.05) is 0 Å². The number of carboxylic acid groups (broad SMARTS) is 1. The second kappa shape index (κ2) is 5.68. The van der Waals surface area contributed by atoms with Crippen LogP contribution < -0.4 is 5.32 Å². The zero-order valence-corrected chi connectivity index (χ0v) is 12.4. The summed E-state index contributed by atoms with van der Waals surface area (Å²) in [6, 6.07) is 4.49. The molecule has 1 aromatic rings. The summed E-state index contributed by atoms with van der Waals surface area (Å²) in [7, 11) is 0. The van der Waals surface area contributed by atoms with Crippen LogP contribution in [-0.4, -0.2) is 17.0 Å². The molecule has 4 nitrogen and oxygen atoms in total. The molecule has 0 saturated heterocycles. The van der Waals surface area contributed by atoms with E-state index in [9.17, 15) is 9.59 Å². The first-order valence-corrected chi connectivity index (χ1v) is 7.73. The highest BCUT2D eigenvalue weighted by Gasteiger charge is 2.40. The first-order chi connectivity index (χ1) is 10.0. The third-order valence-electron chi connectivity index (χ3n) is 4.82. The summed E-state index contributed by atoms with van der Waals surface area (Å²) in [6.07, 6.45) is 5.44. The van der Waals surface area contributed by atoms with Crippen LogP contribution in [0.25, 0.3) is 0 Å². The molecule has 2 N–H and O–H groups in total. The lowest BCUT2D eigenvalue weighted by Crippen LogP contribution is -2.21. The van der Waals surface area contributed by atoms with Gasteiger partial charge in [0, 0.05) is 11.4 Å². The Hall–Kier alpha value is -1.55. The van der Waals surface area contributed by atoms with Crippen LogP contribution in [0.1, 0.15) is 42.5 Å². The van der Waals surface area contributed by atoms with Crippen LogP contribution in [0, 0.1) is 17.8 Å². The number of rotatable bonds is 4. The van der Waals surface area contributed by atoms with Gasteiger partial charge in [0.2, 0.25) is 5.91 Å². The van der Waals surface area contributed by atoms with Crippen molar-refractivity contribution in [2.75, 3.05) is 5.32 Å². The van der Waals surface area contributed by atoms with Gasteiger partial charge in [-0.3, -0.25) is 4.79 Å². The maximum absolute atomic E-state index is 12.2. The van der Waals surface area contributed by atoms with E-state index in [2.05, 4.69) is 5.32 Å². The Bertz CT molecular complexity index is 587. The lowest BCUT2D eigenvalue weighted by Gasteiger charge is -2.21. The Kier molecular flexibility index (Phi) is 3.89. The van der Waals surface area contributed by atoms with Gasteiger partial charge in [-0.1, -0.05) is 18.0 Å². The summed E-state index contributed by atoms with van der Waals surface area (Å²) in [4.78, 5) is 23.4. The van der Waals surface area contributed by atoms with Crippen LogP contribution in [0.5, 0.6) is 0 Å². The Balaban J connectivity index is 1.66. The average Bonchev–Trinajstić information content (AvgIpc) is 3.02. The van der Waals surface area contributed by atoms with E-state index >= 15 is 0 Å². The monoisotopic (exact) mass is 307 g/mol. The molecule has 0 aliphatic heterocycles. The first kappa shape index (κ1) is 14.4. The fourth-order valence-corrected chi connectivity index (χ4v) is 4.04. The predicted molar refractivity (Wildman–Crippen MR) is 80.6 cm³/mol. The van der Waals surface area contributed by atoms with Gasteiger partial charge in [0.05, 0.1) is 11.3 Å². The maximum atomic E-state index is 12.2. The third kappa shape index (κ3) is 3.05. The molecule has 3 atom stereocenters. The Morgan fingerprint density at radius 1 is 1.29 bits per heavy atom. The molecule has 2 aliphatic rings. The SMILES string of the molecule is O=C(CC1CC2CCC1C2)Nc1ccc(Cl)cc1C(=O)O. The van der Waals surface area contributed by atoms with Gasteiger partial charge in [-0.2, -0.15) is 0 Å². The van der Waals surface area contributed by atoms with Gasteiger partial charge in [-0.15, -0.1) is 0 Å². The molecule has 0 aromatic heterocycles. The molecule has 0 spiro atoms. The van der Waals surface area contributed by atoms with Gasteiger partial charge in [0.15, 0.2) is 0 Å². The van der Waals surface area contributed by atoms with E-state index in [1.54, 1.807) is 12.1 Å². The summed E-state index contributed by atoms with van der Waals surface area (Å²) in [5.74, 6) is 0.761. The molecule has 0 heterocycles. The third-order valence-corrected chi connectivity index (χ3v) is 5.05. The fraction of sp³-hybridized carbons (Fsp3) is 0.500. The number of nitrogens with one attached hydrogen (secondary N) is 1. The number of benzene rings is 1. The van der Waals surface area contributed by atoms with E-state index in [4.69, 9.17) is 16.7 Å². The van der Waals surface area contributed by atoms with Gasteiger partial charge in [0.1, 0.15) is 0 Å². The van der Waals surface area contributed by atoms with Crippen molar-refractivity contribution in [1.82, 2.24) is 0 Å². The molecule has 2 fully saturated rings. The highest BCUT2D eigenvalue weighted by molar-refractivity contribution is 6.31. The average molecular weight is 308 g/mol. The van der Waals surface area contributed by atoms with Crippen LogP contribution >= 0.6 is 11.6 Å². The normalized spacial score (nSPS) is 26.8. The molecular weight excluding hydrogens is 290 g/mol. The number of carbonyl (C=O) groups is 2. The van der Waals surface area contributed by atoms with Crippen LogP contribution in [0.3, 0.4) is 0 Å². The Labute approximate surface area is 128 Å².